The number of aliphatic imine (C=N–C) groups is 2. The SMILES string of the molecule is CC(C)(C1=N[C@H](C(C)(C)C)OC1)C1=N[C@@H](C(C)(C)C)CO1. The van der Waals surface area contributed by atoms with E-state index in [1.807, 2.05) is 0 Å². The third-order valence-electron chi connectivity index (χ3n) is 4.30. The first-order chi connectivity index (χ1) is 9.42. The molecule has 4 heteroatoms. The van der Waals surface area contributed by atoms with Gasteiger partial charge in [0.25, 0.3) is 0 Å². The van der Waals surface area contributed by atoms with Gasteiger partial charge in [0.2, 0.25) is 0 Å². The van der Waals surface area contributed by atoms with Crippen LogP contribution in [0.2, 0.25) is 0 Å². The van der Waals surface area contributed by atoms with Crippen LogP contribution in [-0.4, -0.2) is 37.1 Å². The van der Waals surface area contributed by atoms with Crippen molar-refractivity contribution in [2.75, 3.05) is 13.2 Å². The van der Waals surface area contributed by atoms with Gasteiger partial charge in [0.05, 0.1) is 23.8 Å². The lowest BCUT2D eigenvalue weighted by Gasteiger charge is -2.24. The van der Waals surface area contributed by atoms with Crippen LogP contribution in [0.3, 0.4) is 0 Å². The molecule has 0 unspecified atom stereocenters. The molecular weight excluding hydrogens is 264 g/mol. The summed E-state index contributed by atoms with van der Waals surface area (Å²) in [5.74, 6) is 0.805. The zero-order valence-corrected chi connectivity index (χ0v) is 14.8. The molecule has 2 atom stereocenters. The Morgan fingerprint density at radius 3 is 1.95 bits per heavy atom. The van der Waals surface area contributed by atoms with Crippen LogP contribution in [-0.2, 0) is 9.47 Å². The Kier molecular flexibility index (Phi) is 3.98. The Hall–Kier alpha value is -0.900. The molecule has 0 aromatic rings. The molecule has 0 amide bonds. The molecule has 0 aliphatic carbocycles. The van der Waals surface area contributed by atoms with Gasteiger partial charge in [0, 0.05) is 5.41 Å². The number of rotatable bonds is 2. The molecule has 2 heterocycles. The summed E-state index contributed by atoms with van der Waals surface area (Å²) >= 11 is 0. The molecule has 0 aromatic heterocycles. The highest BCUT2D eigenvalue weighted by Crippen LogP contribution is 2.35. The summed E-state index contributed by atoms with van der Waals surface area (Å²) in [5, 5.41) is 0. The van der Waals surface area contributed by atoms with E-state index in [1.54, 1.807) is 0 Å². The Labute approximate surface area is 129 Å². The Bertz CT molecular complexity index is 422. The third-order valence-corrected chi connectivity index (χ3v) is 4.30. The van der Waals surface area contributed by atoms with Crippen molar-refractivity contribution in [3.8, 4) is 0 Å². The molecule has 21 heavy (non-hydrogen) atoms. The summed E-state index contributed by atoms with van der Waals surface area (Å²) in [4.78, 5) is 9.62. The maximum absolute atomic E-state index is 5.90. The van der Waals surface area contributed by atoms with E-state index in [-0.39, 0.29) is 28.5 Å². The van der Waals surface area contributed by atoms with E-state index in [4.69, 9.17) is 19.5 Å². The van der Waals surface area contributed by atoms with Crippen LogP contribution in [0.15, 0.2) is 9.98 Å². The predicted molar refractivity (Wildman–Crippen MR) is 87.0 cm³/mol. The summed E-state index contributed by atoms with van der Waals surface area (Å²) in [6, 6.07) is 0.216. The Balaban J connectivity index is 2.20. The van der Waals surface area contributed by atoms with Crippen LogP contribution in [0.25, 0.3) is 0 Å². The molecule has 0 bridgehead atoms. The van der Waals surface area contributed by atoms with Crippen LogP contribution in [0, 0.1) is 16.2 Å². The minimum Gasteiger partial charge on any atom is -0.478 e. The van der Waals surface area contributed by atoms with Crippen molar-refractivity contribution < 1.29 is 9.47 Å². The fraction of sp³-hybridized carbons (Fsp3) is 0.882. The first kappa shape index (κ1) is 16.5. The molecule has 0 saturated heterocycles. The van der Waals surface area contributed by atoms with Gasteiger partial charge in [-0.15, -0.1) is 0 Å². The lowest BCUT2D eigenvalue weighted by Crippen LogP contribution is -2.34. The van der Waals surface area contributed by atoms with E-state index in [1.165, 1.54) is 0 Å². The van der Waals surface area contributed by atoms with Crippen molar-refractivity contribution in [1.82, 2.24) is 0 Å². The van der Waals surface area contributed by atoms with Gasteiger partial charge in [-0.2, -0.15) is 0 Å². The van der Waals surface area contributed by atoms with Crippen LogP contribution < -0.4 is 0 Å². The zero-order valence-electron chi connectivity index (χ0n) is 14.8. The molecule has 0 aromatic carbocycles. The molecule has 0 spiro atoms. The molecule has 2 aliphatic rings. The fourth-order valence-electron chi connectivity index (χ4n) is 2.44. The van der Waals surface area contributed by atoms with Gasteiger partial charge in [-0.25, -0.2) is 4.99 Å². The van der Waals surface area contributed by atoms with Crippen LogP contribution in [0.4, 0.5) is 0 Å². The summed E-state index contributed by atoms with van der Waals surface area (Å²) in [6.07, 6.45) is -0.0767. The summed E-state index contributed by atoms with van der Waals surface area (Å²) in [7, 11) is 0. The van der Waals surface area contributed by atoms with Crippen molar-refractivity contribution in [1.29, 1.82) is 0 Å². The molecule has 0 N–H and O–H groups in total. The van der Waals surface area contributed by atoms with Gasteiger partial charge in [-0.05, 0) is 19.3 Å². The number of nitrogens with zero attached hydrogens (tertiary/aromatic N) is 2. The molecule has 2 rings (SSSR count). The fourth-order valence-corrected chi connectivity index (χ4v) is 2.44. The van der Waals surface area contributed by atoms with Gasteiger partial charge in [0.1, 0.15) is 6.61 Å². The topological polar surface area (TPSA) is 43.2 Å². The van der Waals surface area contributed by atoms with Gasteiger partial charge < -0.3 is 9.47 Å². The summed E-state index contributed by atoms with van der Waals surface area (Å²) in [6.45, 7) is 18.5. The maximum atomic E-state index is 5.90. The standard InChI is InChI=1S/C17H30N2O2/c1-15(2,3)11-9-21-14(18-11)17(7,8)12-10-20-13(19-12)16(4,5)6/h11,13H,9-10H2,1-8H3/t11-,13+/m1/s1. The van der Waals surface area contributed by atoms with Crippen molar-refractivity contribution in [2.45, 2.75) is 67.7 Å². The van der Waals surface area contributed by atoms with E-state index in [9.17, 15) is 0 Å². The minimum absolute atomic E-state index is 0.0180. The van der Waals surface area contributed by atoms with Crippen LogP contribution in [0.5, 0.6) is 0 Å². The molecule has 2 aliphatic heterocycles. The van der Waals surface area contributed by atoms with Crippen LogP contribution in [0.1, 0.15) is 55.4 Å². The van der Waals surface area contributed by atoms with E-state index in [0.717, 1.165) is 11.6 Å². The Morgan fingerprint density at radius 2 is 1.52 bits per heavy atom. The monoisotopic (exact) mass is 294 g/mol. The average Bonchev–Trinajstić information content (AvgIpc) is 2.97. The second kappa shape index (κ2) is 5.08. The van der Waals surface area contributed by atoms with E-state index in [2.05, 4.69) is 55.4 Å². The normalized spacial score (nSPS) is 27.4. The number of hydrogen-bond donors (Lipinski definition) is 0. The molecule has 0 saturated carbocycles. The first-order valence-electron chi connectivity index (χ1n) is 7.82. The quantitative estimate of drug-likeness (QED) is 0.779. The summed E-state index contributed by atoms with van der Waals surface area (Å²) in [5.41, 5.74) is 0.889. The first-order valence-corrected chi connectivity index (χ1v) is 7.82. The molecular formula is C17H30N2O2. The lowest BCUT2D eigenvalue weighted by atomic mass is 9.86. The predicted octanol–water partition coefficient (Wildman–Crippen LogP) is 3.70. The highest BCUT2D eigenvalue weighted by Gasteiger charge is 2.43. The largest absolute Gasteiger partial charge is 0.478 e. The minimum atomic E-state index is -0.292. The zero-order chi connectivity index (χ0) is 16.1. The van der Waals surface area contributed by atoms with E-state index < -0.39 is 0 Å². The van der Waals surface area contributed by atoms with E-state index in [0.29, 0.717) is 13.2 Å². The summed E-state index contributed by atoms with van der Waals surface area (Å²) < 4.78 is 11.8. The second-order valence-electron chi connectivity index (χ2n) is 8.86. The molecule has 120 valence electrons. The third kappa shape index (κ3) is 3.31. The lowest BCUT2D eigenvalue weighted by molar-refractivity contribution is 0.0252. The second-order valence-corrected chi connectivity index (χ2v) is 8.86. The van der Waals surface area contributed by atoms with Crippen molar-refractivity contribution >= 4 is 11.6 Å². The number of ether oxygens (including phenoxy) is 2. The van der Waals surface area contributed by atoms with Gasteiger partial charge in [0.15, 0.2) is 12.1 Å². The van der Waals surface area contributed by atoms with Crippen LogP contribution >= 0.6 is 0 Å². The highest BCUT2D eigenvalue weighted by atomic mass is 16.5. The van der Waals surface area contributed by atoms with Crippen molar-refractivity contribution in [3.05, 3.63) is 0 Å². The van der Waals surface area contributed by atoms with Gasteiger partial charge in [-0.1, -0.05) is 41.5 Å². The average molecular weight is 294 g/mol. The molecule has 0 radical (unpaired) electrons. The van der Waals surface area contributed by atoms with Gasteiger partial charge >= 0.3 is 0 Å². The molecule has 0 fully saturated rings. The Morgan fingerprint density at radius 1 is 0.905 bits per heavy atom. The van der Waals surface area contributed by atoms with Crippen molar-refractivity contribution in [3.63, 3.8) is 0 Å². The smallest absolute Gasteiger partial charge is 0.195 e. The number of hydrogen-bond acceptors (Lipinski definition) is 4. The molecule has 4 nitrogen and oxygen atoms in total. The van der Waals surface area contributed by atoms with E-state index >= 15 is 0 Å². The highest BCUT2D eigenvalue weighted by molar-refractivity contribution is 6.09. The van der Waals surface area contributed by atoms with Crippen molar-refractivity contribution in [2.24, 2.45) is 26.2 Å². The van der Waals surface area contributed by atoms with Gasteiger partial charge in [-0.3, -0.25) is 4.99 Å². The maximum Gasteiger partial charge on any atom is 0.195 e.